The molecule has 0 aliphatic carbocycles. The summed E-state index contributed by atoms with van der Waals surface area (Å²) in [5.41, 5.74) is -0.236. The monoisotopic (exact) mass is 304 g/mol. The van der Waals surface area contributed by atoms with E-state index in [-0.39, 0.29) is 16.2 Å². The van der Waals surface area contributed by atoms with E-state index >= 15 is 0 Å². The maximum Gasteiger partial charge on any atom is 0.339 e. The SMILES string of the molecule is C=CCCCOc1ccc(S(=O)(=O)Cl)cc1C(=O)O. The number of hydrogen-bond acceptors (Lipinski definition) is 4. The average molecular weight is 305 g/mol. The van der Waals surface area contributed by atoms with Crippen LogP contribution in [0.4, 0.5) is 0 Å². The third-order valence-electron chi connectivity index (χ3n) is 2.27. The Bertz CT molecular complexity index is 580. The molecule has 0 aromatic heterocycles. The molecule has 0 heterocycles. The summed E-state index contributed by atoms with van der Waals surface area (Å²) < 4.78 is 27.6. The average Bonchev–Trinajstić information content (AvgIpc) is 2.33. The molecule has 0 aliphatic heterocycles. The van der Waals surface area contributed by atoms with E-state index in [1.54, 1.807) is 6.08 Å². The summed E-state index contributed by atoms with van der Waals surface area (Å²) in [6.45, 7) is 3.88. The van der Waals surface area contributed by atoms with Crippen LogP contribution in [0, 0.1) is 0 Å². The summed E-state index contributed by atoms with van der Waals surface area (Å²) in [4.78, 5) is 10.8. The number of hydrogen-bond donors (Lipinski definition) is 1. The number of halogens is 1. The number of carboxylic acid groups (broad SMARTS) is 1. The molecule has 104 valence electrons. The first-order valence-corrected chi connectivity index (χ1v) is 7.73. The second-order valence-electron chi connectivity index (χ2n) is 3.68. The highest BCUT2D eigenvalue weighted by atomic mass is 35.7. The summed E-state index contributed by atoms with van der Waals surface area (Å²) in [6, 6.07) is 3.47. The van der Waals surface area contributed by atoms with Gasteiger partial charge in [-0.05, 0) is 31.0 Å². The highest BCUT2D eigenvalue weighted by molar-refractivity contribution is 8.13. The number of aromatic carboxylic acids is 1. The van der Waals surface area contributed by atoms with Gasteiger partial charge in [0.05, 0.1) is 11.5 Å². The van der Waals surface area contributed by atoms with Crippen LogP contribution in [0.3, 0.4) is 0 Å². The fraction of sp³-hybridized carbons (Fsp3) is 0.250. The zero-order valence-corrected chi connectivity index (χ0v) is 11.6. The third kappa shape index (κ3) is 4.57. The van der Waals surface area contributed by atoms with Crippen molar-refractivity contribution in [3.63, 3.8) is 0 Å². The van der Waals surface area contributed by atoms with Crippen LogP contribution in [0.25, 0.3) is 0 Å². The van der Waals surface area contributed by atoms with Crippen molar-refractivity contribution in [2.24, 2.45) is 0 Å². The Labute approximate surface area is 115 Å². The standard InChI is InChI=1S/C12H13ClO5S/c1-2-3-4-7-18-11-6-5-9(19(13,16)17)8-10(11)12(14)15/h2,5-6,8H,1,3-4,7H2,(H,14,15). The molecule has 0 amide bonds. The molecule has 7 heteroatoms. The molecule has 1 aromatic rings. The van der Waals surface area contributed by atoms with Gasteiger partial charge in [-0.2, -0.15) is 0 Å². The summed E-state index contributed by atoms with van der Waals surface area (Å²) in [7, 11) is 1.20. The minimum Gasteiger partial charge on any atom is -0.493 e. The van der Waals surface area contributed by atoms with E-state index in [4.69, 9.17) is 20.5 Å². The maximum absolute atomic E-state index is 11.1. The molecular formula is C12H13ClO5S. The predicted molar refractivity (Wildman–Crippen MR) is 71.4 cm³/mol. The lowest BCUT2D eigenvalue weighted by Crippen LogP contribution is -2.06. The zero-order chi connectivity index (χ0) is 14.5. The van der Waals surface area contributed by atoms with E-state index in [0.717, 1.165) is 12.5 Å². The normalized spacial score (nSPS) is 11.0. The molecule has 19 heavy (non-hydrogen) atoms. The molecule has 1 rings (SSSR count). The lowest BCUT2D eigenvalue weighted by Gasteiger charge is -2.09. The molecule has 0 atom stereocenters. The Kier molecular flexibility index (Phi) is 5.38. The van der Waals surface area contributed by atoms with Gasteiger partial charge in [0.25, 0.3) is 9.05 Å². The van der Waals surface area contributed by atoms with Crippen LogP contribution < -0.4 is 4.74 Å². The Morgan fingerprint density at radius 1 is 1.47 bits per heavy atom. The van der Waals surface area contributed by atoms with Crippen molar-refractivity contribution in [3.8, 4) is 5.75 Å². The fourth-order valence-corrected chi connectivity index (χ4v) is 2.14. The van der Waals surface area contributed by atoms with Crippen molar-refractivity contribution in [2.45, 2.75) is 17.7 Å². The Morgan fingerprint density at radius 3 is 2.68 bits per heavy atom. The highest BCUT2D eigenvalue weighted by Crippen LogP contribution is 2.25. The number of allylic oxidation sites excluding steroid dienone is 1. The van der Waals surface area contributed by atoms with Crippen molar-refractivity contribution >= 4 is 25.7 Å². The van der Waals surface area contributed by atoms with E-state index in [1.165, 1.54) is 12.1 Å². The van der Waals surface area contributed by atoms with Crippen LogP contribution >= 0.6 is 10.7 Å². The van der Waals surface area contributed by atoms with E-state index in [1.807, 2.05) is 0 Å². The van der Waals surface area contributed by atoms with Gasteiger partial charge in [0.2, 0.25) is 0 Å². The zero-order valence-electron chi connectivity index (χ0n) is 10.0. The minimum absolute atomic E-state index is 0.112. The van der Waals surface area contributed by atoms with Crippen LogP contribution in [0.2, 0.25) is 0 Å². The molecule has 0 spiro atoms. The quantitative estimate of drug-likeness (QED) is 0.476. The molecule has 0 unspecified atom stereocenters. The molecule has 0 saturated carbocycles. The number of benzene rings is 1. The molecule has 0 fully saturated rings. The van der Waals surface area contributed by atoms with Crippen molar-refractivity contribution in [1.29, 1.82) is 0 Å². The predicted octanol–water partition coefficient (Wildman–Crippen LogP) is 2.66. The topological polar surface area (TPSA) is 80.7 Å². The number of carboxylic acids is 1. The van der Waals surface area contributed by atoms with Crippen molar-refractivity contribution < 1.29 is 23.1 Å². The Hall–Kier alpha value is -1.53. The van der Waals surface area contributed by atoms with Gasteiger partial charge in [-0.3, -0.25) is 0 Å². The number of rotatable bonds is 7. The van der Waals surface area contributed by atoms with Gasteiger partial charge in [-0.25, -0.2) is 13.2 Å². The van der Waals surface area contributed by atoms with Crippen molar-refractivity contribution in [3.05, 3.63) is 36.4 Å². The first-order valence-electron chi connectivity index (χ1n) is 5.42. The van der Waals surface area contributed by atoms with Gasteiger partial charge < -0.3 is 9.84 Å². The largest absolute Gasteiger partial charge is 0.493 e. The molecule has 0 bridgehead atoms. The van der Waals surface area contributed by atoms with Gasteiger partial charge in [0, 0.05) is 10.7 Å². The van der Waals surface area contributed by atoms with Crippen molar-refractivity contribution in [1.82, 2.24) is 0 Å². The van der Waals surface area contributed by atoms with E-state index in [9.17, 15) is 13.2 Å². The van der Waals surface area contributed by atoms with Crippen molar-refractivity contribution in [2.75, 3.05) is 6.61 Å². The molecule has 0 saturated heterocycles. The van der Waals surface area contributed by atoms with Gasteiger partial charge in [-0.1, -0.05) is 6.08 Å². The first-order chi connectivity index (χ1) is 8.86. The highest BCUT2D eigenvalue weighted by Gasteiger charge is 2.17. The van der Waals surface area contributed by atoms with E-state index in [0.29, 0.717) is 13.0 Å². The first kappa shape index (κ1) is 15.5. The molecule has 0 radical (unpaired) electrons. The van der Waals surface area contributed by atoms with E-state index < -0.39 is 15.0 Å². The Balaban J connectivity index is 2.99. The van der Waals surface area contributed by atoms with Crippen LogP contribution in [-0.4, -0.2) is 26.1 Å². The van der Waals surface area contributed by atoms with Gasteiger partial charge >= 0.3 is 5.97 Å². The van der Waals surface area contributed by atoms with Gasteiger partial charge in [-0.15, -0.1) is 6.58 Å². The molecule has 1 aromatic carbocycles. The lowest BCUT2D eigenvalue weighted by atomic mass is 10.2. The lowest BCUT2D eigenvalue weighted by molar-refractivity contribution is 0.0692. The summed E-state index contributed by atoms with van der Waals surface area (Å²) in [6.07, 6.45) is 3.17. The van der Waals surface area contributed by atoms with E-state index in [2.05, 4.69) is 6.58 Å². The van der Waals surface area contributed by atoms with Crippen LogP contribution in [0.15, 0.2) is 35.7 Å². The van der Waals surface area contributed by atoms with Crippen LogP contribution in [-0.2, 0) is 9.05 Å². The summed E-state index contributed by atoms with van der Waals surface area (Å²) >= 11 is 0. The number of ether oxygens (including phenoxy) is 1. The van der Waals surface area contributed by atoms with Gasteiger partial charge in [0.15, 0.2) is 0 Å². The molecule has 1 N–H and O–H groups in total. The second kappa shape index (κ2) is 6.58. The van der Waals surface area contributed by atoms with Crippen LogP contribution in [0.5, 0.6) is 5.75 Å². The fourth-order valence-electron chi connectivity index (χ4n) is 1.36. The number of carbonyl (C=O) groups is 1. The van der Waals surface area contributed by atoms with Gasteiger partial charge in [0.1, 0.15) is 11.3 Å². The molecule has 5 nitrogen and oxygen atoms in total. The third-order valence-corrected chi connectivity index (χ3v) is 3.62. The maximum atomic E-state index is 11.1. The summed E-state index contributed by atoms with van der Waals surface area (Å²) in [5.74, 6) is -1.17. The summed E-state index contributed by atoms with van der Waals surface area (Å²) in [5, 5.41) is 9.02. The second-order valence-corrected chi connectivity index (χ2v) is 6.25. The molecule has 0 aliphatic rings. The van der Waals surface area contributed by atoms with Crippen LogP contribution in [0.1, 0.15) is 23.2 Å². The number of unbranched alkanes of at least 4 members (excludes halogenated alkanes) is 1. The Morgan fingerprint density at radius 2 is 2.16 bits per heavy atom. The molecular weight excluding hydrogens is 292 g/mol. The smallest absolute Gasteiger partial charge is 0.339 e. The minimum atomic E-state index is -3.96.